The summed E-state index contributed by atoms with van der Waals surface area (Å²) in [5, 5.41) is 4.25. The molecule has 0 spiro atoms. The Balaban J connectivity index is 1.23. The number of piperazine rings is 1. The number of carbonyl (C=O) groups excluding carboxylic acids is 2. The standard InChI is InChI=1S/C23H22N4O4/c28-22(17-6-1-2-7-18(17)27-11-5-10-24-27)25-12-14-26(15-13-25)23(29)21-16-30-19-8-3-4-9-20(19)31-21/h1-11,21H,12-16H2/t21-/m0/s1. The summed E-state index contributed by atoms with van der Waals surface area (Å²) in [6.45, 7) is 2.02. The highest BCUT2D eigenvalue weighted by molar-refractivity contribution is 5.98. The molecule has 8 nitrogen and oxygen atoms in total. The normalized spacial score (nSPS) is 18.0. The number of rotatable bonds is 3. The number of hydrogen-bond acceptors (Lipinski definition) is 5. The number of amides is 2. The summed E-state index contributed by atoms with van der Waals surface area (Å²) < 4.78 is 13.2. The highest BCUT2D eigenvalue weighted by Gasteiger charge is 2.33. The molecule has 2 amide bonds. The predicted molar refractivity (Wildman–Crippen MR) is 112 cm³/mol. The highest BCUT2D eigenvalue weighted by atomic mass is 16.6. The van der Waals surface area contributed by atoms with Crippen molar-refractivity contribution in [2.75, 3.05) is 32.8 Å². The summed E-state index contributed by atoms with van der Waals surface area (Å²) >= 11 is 0. The molecule has 0 unspecified atom stereocenters. The van der Waals surface area contributed by atoms with Gasteiger partial charge in [0.2, 0.25) is 6.10 Å². The molecule has 0 radical (unpaired) electrons. The second-order valence-corrected chi connectivity index (χ2v) is 7.45. The van der Waals surface area contributed by atoms with Crippen molar-refractivity contribution < 1.29 is 19.1 Å². The van der Waals surface area contributed by atoms with Crippen molar-refractivity contribution in [3.63, 3.8) is 0 Å². The van der Waals surface area contributed by atoms with Gasteiger partial charge in [0.25, 0.3) is 11.8 Å². The maximum Gasteiger partial charge on any atom is 0.267 e. The van der Waals surface area contributed by atoms with E-state index in [0.717, 1.165) is 5.69 Å². The first-order chi connectivity index (χ1) is 15.2. The Morgan fingerprint density at radius 2 is 1.58 bits per heavy atom. The van der Waals surface area contributed by atoms with E-state index in [9.17, 15) is 9.59 Å². The van der Waals surface area contributed by atoms with E-state index in [4.69, 9.17) is 9.47 Å². The minimum absolute atomic E-state index is 0.0654. The molecular weight excluding hydrogens is 396 g/mol. The topological polar surface area (TPSA) is 76.9 Å². The molecule has 158 valence electrons. The molecule has 3 aromatic rings. The van der Waals surface area contributed by atoms with Crippen LogP contribution in [0.3, 0.4) is 0 Å². The molecule has 2 aliphatic heterocycles. The van der Waals surface area contributed by atoms with Crippen LogP contribution in [-0.2, 0) is 4.79 Å². The number of para-hydroxylation sites is 3. The average molecular weight is 418 g/mol. The van der Waals surface area contributed by atoms with Gasteiger partial charge in [0.1, 0.15) is 6.61 Å². The zero-order valence-corrected chi connectivity index (χ0v) is 16.9. The van der Waals surface area contributed by atoms with Gasteiger partial charge in [0.05, 0.1) is 11.3 Å². The van der Waals surface area contributed by atoms with Crippen LogP contribution in [0.15, 0.2) is 67.0 Å². The lowest BCUT2D eigenvalue weighted by molar-refractivity contribution is -0.142. The number of ether oxygens (including phenoxy) is 2. The number of carbonyl (C=O) groups is 2. The summed E-state index contributed by atoms with van der Waals surface area (Å²) in [7, 11) is 0. The Morgan fingerprint density at radius 3 is 2.35 bits per heavy atom. The van der Waals surface area contributed by atoms with Crippen molar-refractivity contribution in [2.24, 2.45) is 0 Å². The maximum absolute atomic E-state index is 13.2. The van der Waals surface area contributed by atoms with Crippen molar-refractivity contribution in [3.05, 3.63) is 72.6 Å². The lowest BCUT2D eigenvalue weighted by atomic mass is 10.1. The third-order valence-electron chi connectivity index (χ3n) is 5.55. The second-order valence-electron chi connectivity index (χ2n) is 7.45. The first kappa shape index (κ1) is 19.2. The Labute approximate surface area is 179 Å². The van der Waals surface area contributed by atoms with E-state index in [1.807, 2.05) is 54.7 Å². The van der Waals surface area contributed by atoms with Gasteiger partial charge >= 0.3 is 0 Å². The molecule has 1 fully saturated rings. The monoisotopic (exact) mass is 418 g/mol. The summed E-state index contributed by atoms with van der Waals surface area (Å²) in [6, 6.07) is 16.6. The largest absolute Gasteiger partial charge is 0.485 e. The van der Waals surface area contributed by atoms with Crippen LogP contribution in [0.1, 0.15) is 10.4 Å². The van der Waals surface area contributed by atoms with Crippen molar-refractivity contribution in [1.82, 2.24) is 19.6 Å². The van der Waals surface area contributed by atoms with Gasteiger partial charge in [-0.2, -0.15) is 5.10 Å². The third-order valence-corrected chi connectivity index (χ3v) is 5.55. The Morgan fingerprint density at radius 1 is 0.871 bits per heavy atom. The van der Waals surface area contributed by atoms with Crippen molar-refractivity contribution in [3.8, 4) is 17.2 Å². The van der Waals surface area contributed by atoms with E-state index in [2.05, 4.69) is 5.10 Å². The van der Waals surface area contributed by atoms with Crippen LogP contribution < -0.4 is 9.47 Å². The van der Waals surface area contributed by atoms with Crippen LogP contribution >= 0.6 is 0 Å². The van der Waals surface area contributed by atoms with E-state index >= 15 is 0 Å². The van der Waals surface area contributed by atoms with E-state index in [-0.39, 0.29) is 18.4 Å². The Bertz CT molecular complexity index is 1090. The molecule has 1 atom stereocenters. The summed E-state index contributed by atoms with van der Waals surface area (Å²) in [4.78, 5) is 29.6. The molecule has 0 aliphatic carbocycles. The smallest absolute Gasteiger partial charge is 0.267 e. The molecule has 1 aromatic heterocycles. The SMILES string of the molecule is O=C(c1ccccc1-n1cccn1)N1CCN(C(=O)[C@@H]2COc3ccccc3O2)CC1. The molecule has 0 N–H and O–H groups in total. The van der Waals surface area contributed by atoms with Crippen LogP contribution in [0.4, 0.5) is 0 Å². The summed E-state index contributed by atoms with van der Waals surface area (Å²) in [6.07, 6.45) is 2.83. The van der Waals surface area contributed by atoms with Crippen LogP contribution in [0.5, 0.6) is 11.5 Å². The van der Waals surface area contributed by atoms with E-state index in [1.54, 1.807) is 26.7 Å². The molecule has 2 aromatic carbocycles. The molecule has 31 heavy (non-hydrogen) atoms. The van der Waals surface area contributed by atoms with E-state index in [1.165, 1.54) is 0 Å². The van der Waals surface area contributed by atoms with Crippen molar-refractivity contribution in [1.29, 1.82) is 0 Å². The maximum atomic E-state index is 13.2. The molecule has 8 heteroatoms. The van der Waals surface area contributed by atoms with Gasteiger partial charge in [0.15, 0.2) is 11.5 Å². The number of benzene rings is 2. The zero-order chi connectivity index (χ0) is 21.2. The van der Waals surface area contributed by atoms with Crippen LogP contribution in [0.25, 0.3) is 5.69 Å². The first-order valence-corrected chi connectivity index (χ1v) is 10.3. The fourth-order valence-corrected chi connectivity index (χ4v) is 3.91. The van der Waals surface area contributed by atoms with Crippen molar-refractivity contribution >= 4 is 11.8 Å². The Kier molecular flexibility index (Phi) is 5.03. The summed E-state index contributed by atoms with van der Waals surface area (Å²) in [5.74, 6) is 1.05. The van der Waals surface area contributed by atoms with E-state index in [0.29, 0.717) is 43.2 Å². The number of fused-ring (bicyclic) bond motifs is 1. The number of aromatic nitrogens is 2. The Hall–Kier alpha value is -3.81. The van der Waals surface area contributed by atoms with Gasteiger partial charge in [-0.05, 0) is 30.3 Å². The van der Waals surface area contributed by atoms with Crippen LogP contribution in [-0.4, -0.2) is 70.3 Å². The summed E-state index contributed by atoms with van der Waals surface area (Å²) in [5.41, 5.74) is 1.33. The molecule has 5 rings (SSSR count). The minimum Gasteiger partial charge on any atom is -0.485 e. The highest BCUT2D eigenvalue weighted by Crippen LogP contribution is 2.31. The number of hydrogen-bond donors (Lipinski definition) is 0. The van der Waals surface area contributed by atoms with Crippen molar-refractivity contribution in [2.45, 2.75) is 6.10 Å². The van der Waals surface area contributed by atoms with Gasteiger partial charge in [-0.3, -0.25) is 9.59 Å². The molecule has 1 saturated heterocycles. The predicted octanol–water partition coefficient (Wildman–Crippen LogP) is 2.00. The van der Waals surface area contributed by atoms with Gasteiger partial charge in [-0.1, -0.05) is 24.3 Å². The first-order valence-electron chi connectivity index (χ1n) is 10.3. The van der Waals surface area contributed by atoms with Gasteiger partial charge < -0.3 is 19.3 Å². The fraction of sp³-hybridized carbons (Fsp3) is 0.261. The second kappa shape index (κ2) is 8.14. The lowest BCUT2D eigenvalue weighted by Gasteiger charge is -2.37. The van der Waals surface area contributed by atoms with Crippen LogP contribution in [0, 0.1) is 0 Å². The quantitative estimate of drug-likeness (QED) is 0.650. The van der Waals surface area contributed by atoms with Gasteiger partial charge in [-0.15, -0.1) is 0 Å². The molecule has 0 saturated carbocycles. The molecule has 3 heterocycles. The zero-order valence-electron chi connectivity index (χ0n) is 16.9. The molecule has 0 bridgehead atoms. The number of nitrogens with zero attached hydrogens (tertiary/aromatic N) is 4. The molecule has 2 aliphatic rings. The van der Waals surface area contributed by atoms with E-state index < -0.39 is 6.10 Å². The average Bonchev–Trinajstić information content (AvgIpc) is 3.38. The van der Waals surface area contributed by atoms with Gasteiger partial charge in [0, 0.05) is 38.6 Å². The minimum atomic E-state index is -0.669. The lowest BCUT2D eigenvalue weighted by Crippen LogP contribution is -2.55. The molecular formula is C23H22N4O4. The fourth-order valence-electron chi connectivity index (χ4n) is 3.91. The van der Waals surface area contributed by atoms with Crippen LogP contribution in [0.2, 0.25) is 0 Å². The van der Waals surface area contributed by atoms with Gasteiger partial charge in [-0.25, -0.2) is 4.68 Å². The third kappa shape index (κ3) is 3.72.